The van der Waals surface area contributed by atoms with Crippen LogP contribution in [-0.2, 0) is 9.59 Å². The van der Waals surface area contributed by atoms with Crippen LogP contribution in [-0.4, -0.2) is 34.5 Å². The van der Waals surface area contributed by atoms with Gasteiger partial charge in [-0.25, -0.2) is 0 Å². The molecule has 0 aromatic rings. The Bertz CT molecular complexity index is 722. The maximum absolute atomic E-state index is 12.4. The van der Waals surface area contributed by atoms with Gasteiger partial charge < -0.3 is 10.2 Å². The van der Waals surface area contributed by atoms with Gasteiger partial charge in [-0.2, -0.15) is 0 Å². The summed E-state index contributed by atoms with van der Waals surface area (Å²) in [5.41, 5.74) is 0.529. The number of Topliss-reactive ketones (excluding diaryl/α,β-unsaturated/α-hetero) is 1. The van der Waals surface area contributed by atoms with Crippen molar-refractivity contribution in [1.29, 1.82) is 0 Å². The third-order valence-electron chi connectivity index (χ3n) is 8.60. The zero-order valence-electron chi connectivity index (χ0n) is 16.0. The lowest BCUT2D eigenvalue weighted by atomic mass is 9.41. The third-order valence-corrected chi connectivity index (χ3v) is 8.60. The van der Waals surface area contributed by atoms with Crippen LogP contribution in [0.1, 0.15) is 52.9 Å². The van der Waals surface area contributed by atoms with Crippen LogP contribution in [0.4, 0.5) is 0 Å². The van der Waals surface area contributed by atoms with E-state index in [9.17, 15) is 19.8 Å². The van der Waals surface area contributed by atoms with E-state index in [1.54, 1.807) is 12.2 Å². The lowest BCUT2D eigenvalue weighted by Crippen LogP contribution is -2.61. The SMILES string of the molecule is CC12C=CC(=O)C=C1CCC1(C)C2C(O)CC2(C)C(C(=O)CO)CCC21. The molecule has 0 spiro atoms. The second kappa shape index (κ2) is 5.62. The first-order valence-electron chi connectivity index (χ1n) is 9.93. The van der Waals surface area contributed by atoms with Gasteiger partial charge in [-0.3, -0.25) is 9.59 Å². The summed E-state index contributed by atoms with van der Waals surface area (Å²) in [5.74, 6) is 0.229. The molecule has 0 radical (unpaired) electrons. The Kier molecular flexibility index (Phi) is 3.92. The van der Waals surface area contributed by atoms with Crippen molar-refractivity contribution in [2.45, 2.75) is 59.0 Å². The number of ketones is 2. The predicted molar refractivity (Wildman–Crippen MR) is 98.2 cm³/mol. The molecule has 0 heterocycles. The van der Waals surface area contributed by atoms with Crippen molar-refractivity contribution in [2.75, 3.05) is 6.61 Å². The Labute approximate surface area is 155 Å². The highest BCUT2D eigenvalue weighted by Crippen LogP contribution is 2.71. The summed E-state index contributed by atoms with van der Waals surface area (Å²) < 4.78 is 0. The largest absolute Gasteiger partial charge is 0.393 e. The van der Waals surface area contributed by atoms with Crippen molar-refractivity contribution in [3.05, 3.63) is 23.8 Å². The highest BCUT2D eigenvalue weighted by molar-refractivity contribution is 6.01. The zero-order chi connectivity index (χ0) is 18.9. The maximum atomic E-state index is 12.4. The second-order valence-electron chi connectivity index (χ2n) is 9.76. The van der Waals surface area contributed by atoms with Gasteiger partial charge in [0.1, 0.15) is 6.61 Å². The lowest BCUT2D eigenvalue weighted by Gasteiger charge is -2.64. The molecule has 2 N–H and O–H groups in total. The van der Waals surface area contributed by atoms with E-state index in [-0.39, 0.29) is 39.6 Å². The molecular formula is C22H30O4. The zero-order valence-corrected chi connectivity index (χ0v) is 16.0. The molecule has 4 aliphatic rings. The minimum Gasteiger partial charge on any atom is -0.393 e. The van der Waals surface area contributed by atoms with Gasteiger partial charge in [-0.05, 0) is 61.0 Å². The number of rotatable bonds is 2. The highest BCUT2D eigenvalue weighted by Gasteiger charge is 2.67. The first-order chi connectivity index (χ1) is 12.2. The number of aliphatic hydroxyl groups is 2. The number of hydrogen-bond acceptors (Lipinski definition) is 4. The van der Waals surface area contributed by atoms with Gasteiger partial charge in [0.05, 0.1) is 6.10 Å². The number of aliphatic hydroxyl groups excluding tert-OH is 2. The van der Waals surface area contributed by atoms with Gasteiger partial charge in [0.15, 0.2) is 11.6 Å². The molecule has 0 aliphatic heterocycles. The number of carbonyl (C=O) groups is 2. The van der Waals surface area contributed by atoms with Gasteiger partial charge in [-0.1, -0.05) is 32.4 Å². The molecule has 0 bridgehead atoms. The Hall–Kier alpha value is -1.26. The average molecular weight is 358 g/mol. The number of allylic oxidation sites excluding steroid dienone is 4. The van der Waals surface area contributed by atoms with Crippen LogP contribution in [0.5, 0.6) is 0 Å². The average Bonchev–Trinajstić information content (AvgIpc) is 2.92. The molecule has 7 unspecified atom stereocenters. The number of hydrogen-bond donors (Lipinski definition) is 2. The number of carbonyl (C=O) groups excluding carboxylic acids is 2. The summed E-state index contributed by atoms with van der Waals surface area (Å²) in [6, 6.07) is 0. The van der Waals surface area contributed by atoms with Crippen molar-refractivity contribution in [3.63, 3.8) is 0 Å². The van der Waals surface area contributed by atoms with E-state index in [4.69, 9.17) is 0 Å². The molecular weight excluding hydrogens is 328 g/mol. The van der Waals surface area contributed by atoms with Crippen molar-refractivity contribution in [3.8, 4) is 0 Å². The van der Waals surface area contributed by atoms with Gasteiger partial charge in [0.2, 0.25) is 0 Å². The monoisotopic (exact) mass is 358 g/mol. The van der Waals surface area contributed by atoms with E-state index in [1.807, 2.05) is 6.08 Å². The Morgan fingerprint density at radius 2 is 1.96 bits per heavy atom. The first kappa shape index (κ1) is 18.1. The van der Waals surface area contributed by atoms with E-state index in [1.165, 1.54) is 0 Å². The van der Waals surface area contributed by atoms with Crippen molar-refractivity contribution in [2.24, 2.45) is 34.0 Å². The van der Waals surface area contributed by atoms with Crippen LogP contribution < -0.4 is 0 Å². The fourth-order valence-electron chi connectivity index (χ4n) is 7.67. The molecule has 0 aromatic heterocycles. The third kappa shape index (κ3) is 2.15. The molecule has 26 heavy (non-hydrogen) atoms. The topological polar surface area (TPSA) is 74.6 Å². The lowest BCUT2D eigenvalue weighted by molar-refractivity contribution is -0.169. The Morgan fingerprint density at radius 1 is 1.23 bits per heavy atom. The van der Waals surface area contributed by atoms with Crippen molar-refractivity contribution < 1.29 is 19.8 Å². The van der Waals surface area contributed by atoms with Crippen LogP contribution in [0.15, 0.2) is 23.8 Å². The second-order valence-corrected chi connectivity index (χ2v) is 9.76. The van der Waals surface area contributed by atoms with Gasteiger partial charge in [-0.15, -0.1) is 0 Å². The normalized spacial score (nSPS) is 49.9. The van der Waals surface area contributed by atoms with E-state index >= 15 is 0 Å². The molecule has 0 amide bonds. The summed E-state index contributed by atoms with van der Waals surface area (Å²) >= 11 is 0. The van der Waals surface area contributed by atoms with Gasteiger partial charge in [0, 0.05) is 17.3 Å². The fourth-order valence-corrected chi connectivity index (χ4v) is 7.67. The Balaban J connectivity index is 1.78. The molecule has 3 saturated carbocycles. The summed E-state index contributed by atoms with van der Waals surface area (Å²) in [7, 11) is 0. The molecule has 4 nitrogen and oxygen atoms in total. The molecule has 0 aromatic carbocycles. The van der Waals surface area contributed by atoms with E-state index in [0.717, 1.165) is 31.3 Å². The van der Waals surface area contributed by atoms with Crippen LogP contribution in [0.25, 0.3) is 0 Å². The summed E-state index contributed by atoms with van der Waals surface area (Å²) in [5, 5.41) is 20.7. The summed E-state index contributed by atoms with van der Waals surface area (Å²) in [6.45, 7) is 6.21. The molecule has 3 fully saturated rings. The molecule has 142 valence electrons. The van der Waals surface area contributed by atoms with E-state index < -0.39 is 12.7 Å². The summed E-state index contributed by atoms with van der Waals surface area (Å²) in [4.78, 5) is 24.3. The van der Waals surface area contributed by atoms with Crippen LogP contribution in [0.3, 0.4) is 0 Å². The smallest absolute Gasteiger partial charge is 0.178 e. The maximum Gasteiger partial charge on any atom is 0.178 e. The van der Waals surface area contributed by atoms with E-state index in [2.05, 4.69) is 20.8 Å². The molecule has 4 heteroatoms. The molecule has 4 aliphatic carbocycles. The van der Waals surface area contributed by atoms with Gasteiger partial charge in [0.25, 0.3) is 0 Å². The summed E-state index contributed by atoms with van der Waals surface area (Å²) in [6.07, 6.45) is 9.13. The van der Waals surface area contributed by atoms with Crippen LogP contribution >= 0.6 is 0 Å². The van der Waals surface area contributed by atoms with Crippen LogP contribution in [0.2, 0.25) is 0 Å². The van der Waals surface area contributed by atoms with Crippen LogP contribution in [0, 0.1) is 34.0 Å². The van der Waals surface area contributed by atoms with Crippen molar-refractivity contribution >= 4 is 11.6 Å². The quantitative estimate of drug-likeness (QED) is 0.796. The first-order valence-corrected chi connectivity index (χ1v) is 9.93. The molecule has 0 saturated heterocycles. The minimum absolute atomic E-state index is 0.0469. The fraction of sp³-hybridized carbons (Fsp3) is 0.727. The highest BCUT2D eigenvalue weighted by atomic mass is 16.3. The van der Waals surface area contributed by atoms with Gasteiger partial charge >= 0.3 is 0 Å². The predicted octanol–water partition coefficient (Wildman–Crippen LogP) is 2.83. The number of fused-ring (bicyclic) bond motifs is 5. The van der Waals surface area contributed by atoms with Crippen molar-refractivity contribution in [1.82, 2.24) is 0 Å². The Morgan fingerprint density at radius 3 is 2.65 bits per heavy atom. The minimum atomic E-state index is -0.514. The molecule has 4 rings (SSSR count). The standard InChI is InChI=1S/C22H30O4/c1-20-9-7-14(24)10-13(20)6-8-21(2)18-5-4-15(17(26)12-23)22(18,3)11-16(25)19(20)21/h7,9-10,15-16,18-19,23,25H,4-6,8,11-12H2,1-3H3. The van der Waals surface area contributed by atoms with E-state index in [0.29, 0.717) is 12.3 Å². The molecule has 7 atom stereocenters.